The third-order valence-corrected chi connectivity index (χ3v) is 4.04. The van der Waals surface area contributed by atoms with Gasteiger partial charge in [-0.05, 0) is 31.7 Å². The molecule has 3 nitrogen and oxygen atoms in total. The molecule has 0 saturated heterocycles. The lowest BCUT2D eigenvalue weighted by Crippen LogP contribution is -2.17. The van der Waals surface area contributed by atoms with Crippen LogP contribution in [0.25, 0.3) is 0 Å². The number of rotatable bonds is 5. The van der Waals surface area contributed by atoms with E-state index in [0.29, 0.717) is 0 Å². The zero-order chi connectivity index (χ0) is 10.8. The van der Waals surface area contributed by atoms with Gasteiger partial charge in [-0.15, -0.1) is 11.3 Å². The highest BCUT2D eigenvalue weighted by Gasteiger charge is 2.31. The van der Waals surface area contributed by atoms with Crippen molar-refractivity contribution >= 4 is 11.3 Å². The zero-order valence-electron chi connectivity index (χ0n) is 9.36. The van der Waals surface area contributed by atoms with Gasteiger partial charge in [-0.1, -0.05) is 6.92 Å². The molecule has 84 valence electrons. The van der Waals surface area contributed by atoms with E-state index >= 15 is 0 Å². The van der Waals surface area contributed by atoms with Gasteiger partial charge in [0.1, 0.15) is 5.01 Å². The van der Waals surface area contributed by atoms with Crippen LogP contribution in [0.5, 0.6) is 0 Å². The van der Waals surface area contributed by atoms with Crippen molar-refractivity contribution in [2.45, 2.75) is 32.9 Å². The second-order valence-electron chi connectivity index (χ2n) is 4.57. The van der Waals surface area contributed by atoms with Crippen LogP contribution in [-0.2, 0) is 6.54 Å². The fourth-order valence-corrected chi connectivity index (χ4v) is 2.46. The molecule has 1 aliphatic carbocycles. The number of thiazole rings is 1. The summed E-state index contributed by atoms with van der Waals surface area (Å²) in [6, 6.07) is 0.0622. The van der Waals surface area contributed by atoms with Gasteiger partial charge in [0, 0.05) is 11.9 Å². The molecule has 0 aromatic carbocycles. The van der Waals surface area contributed by atoms with E-state index < -0.39 is 0 Å². The van der Waals surface area contributed by atoms with Gasteiger partial charge >= 0.3 is 0 Å². The van der Waals surface area contributed by atoms with Crippen LogP contribution < -0.4 is 11.1 Å². The summed E-state index contributed by atoms with van der Waals surface area (Å²) >= 11 is 1.66. The van der Waals surface area contributed by atoms with Gasteiger partial charge in [-0.2, -0.15) is 0 Å². The van der Waals surface area contributed by atoms with Crippen molar-refractivity contribution in [1.82, 2.24) is 10.3 Å². The molecule has 0 aliphatic heterocycles. The fourth-order valence-electron chi connectivity index (χ4n) is 1.68. The van der Waals surface area contributed by atoms with Crippen molar-refractivity contribution < 1.29 is 0 Å². The summed E-state index contributed by atoms with van der Waals surface area (Å²) in [5.41, 5.74) is 6.89. The number of hydrogen-bond acceptors (Lipinski definition) is 4. The molecule has 0 bridgehead atoms. The Labute approximate surface area is 95.1 Å². The molecule has 3 atom stereocenters. The third-order valence-electron chi connectivity index (χ3n) is 2.95. The van der Waals surface area contributed by atoms with Gasteiger partial charge in [-0.25, -0.2) is 4.98 Å². The van der Waals surface area contributed by atoms with Crippen molar-refractivity contribution in [2.24, 2.45) is 17.6 Å². The van der Waals surface area contributed by atoms with Crippen LogP contribution in [-0.4, -0.2) is 11.5 Å². The number of aromatic nitrogens is 1. The first-order chi connectivity index (χ1) is 7.16. The highest BCUT2D eigenvalue weighted by atomic mass is 32.1. The maximum atomic E-state index is 5.76. The summed E-state index contributed by atoms with van der Waals surface area (Å²) in [7, 11) is 0. The van der Waals surface area contributed by atoms with Crippen molar-refractivity contribution in [3.63, 3.8) is 0 Å². The molecule has 2 rings (SSSR count). The van der Waals surface area contributed by atoms with Crippen LogP contribution in [0.3, 0.4) is 0 Å². The van der Waals surface area contributed by atoms with Gasteiger partial charge in [-0.3, -0.25) is 0 Å². The average Bonchev–Trinajstić information content (AvgIpc) is 2.71. The Bertz CT molecular complexity index is 321. The number of nitrogens with one attached hydrogen (secondary N) is 1. The normalized spacial score (nSPS) is 26.6. The summed E-state index contributed by atoms with van der Waals surface area (Å²) in [5, 5.41) is 6.58. The smallest absolute Gasteiger partial charge is 0.109 e. The first-order valence-corrected chi connectivity index (χ1v) is 6.45. The molecule has 1 heterocycles. The van der Waals surface area contributed by atoms with Gasteiger partial charge in [0.25, 0.3) is 0 Å². The molecule has 0 spiro atoms. The molecule has 1 saturated carbocycles. The Morgan fingerprint density at radius 2 is 2.47 bits per heavy atom. The first kappa shape index (κ1) is 11.0. The van der Waals surface area contributed by atoms with Crippen molar-refractivity contribution in [3.8, 4) is 0 Å². The van der Waals surface area contributed by atoms with E-state index in [0.717, 1.165) is 35.6 Å². The number of nitrogens with zero attached hydrogens (tertiary/aromatic N) is 1. The highest BCUT2D eigenvalue weighted by Crippen LogP contribution is 2.36. The summed E-state index contributed by atoms with van der Waals surface area (Å²) < 4.78 is 0. The molecule has 0 radical (unpaired) electrons. The van der Waals surface area contributed by atoms with Gasteiger partial charge in [0.05, 0.1) is 11.7 Å². The van der Waals surface area contributed by atoms with E-state index in [1.54, 1.807) is 11.3 Å². The molecule has 3 N–H and O–H groups in total. The van der Waals surface area contributed by atoms with E-state index in [9.17, 15) is 0 Å². The Balaban J connectivity index is 1.73. The van der Waals surface area contributed by atoms with E-state index in [1.807, 2.05) is 6.92 Å². The minimum Gasteiger partial charge on any atom is -0.322 e. The predicted octanol–water partition coefficient (Wildman–Crippen LogP) is 1.91. The van der Waals surface area contributed by atoms with Crippen LogP contribution >= 0.6 is 11.3 Å². The first-order valence-electron chi connectivity index (χ1n) is 5.57. The Morgan fingerprint density at radius 1 is 1.73 bits per heavy atom. The third kappa shape index (κ3) is 3.00. The summed E-state index contributed by atoms with van der Waals surface area (Å²) in [6.45, 7) is 6.30. The molecule has 1 fully saturated rings. The van der Waals surface area contributed by atoms with Crippen molar-refractivity contribution in [3.05, 3.63) is 16.1 Å². The lowest BCUT2D eigenvalue weighted by atomic mass is 10.3. The maximum absolute atomic E-state index is 5.76. The molecule has 3 unspecified atom stereocenters. The van der Waals surface area contributed by atoms with Crippen molar-refractivity contribution in [2.75, 3.05) is 6.54 Å². The van der Waals surface area contributed by atoms with E-state index in [-0.39, 0.29) is 6.04 Å². The van der Waals surface area contributed by atoms with Gasteiger partial charge in [0.15, 0.2) is 0 Å². The van der Waals surface area contributed by atoms with Crippen LogP contribution in [0, 0.1) is 11.8 Å². The lowest BCUT2D eigenvalue weighted by molar-refractivity contribution is 0.605. The summed E-state index contributed by atoms with van der Waals surface area (Å²) in [4.78, 5) is 4.48. The predicted molar refractivity (Wildman–Crippen MR) is 63.7 cm³/mol. The van der Waals surface area contributed by atoms with Crippen LogP contribution in [0.2, 0.25) is 0 Å². The second-order valence-corrected chi connectivity index (χ2v) is 5.46. The topological polar surface area (TPSA) is 50.9 Å². The molecular weight excluding hydrogens is 206 g/mol. The Hall–Kier alpha value is -0.450. The quantitative estimate of drug-likeness (QED) is 0.805. The fraction of sp³-hybridized carbons (Fsp3) is 0.727. The van der Waals surface area contributed by atoms with E-state index in [2.05, 4.69) is 22.6 Å². The van der Waals surface area contributed by atoms with Gasteiger partial charge in [0.2, 0.25) is 0 Å². The highest BCUT2D eigenvalue weighted by molar-refractivity contribution is 7.09. The van der Waals surface area contributed by atoms with Gasteiger partial charge < -0.3 is 11.1 Å². The minimum atomic E-state index is 0.0622. The second kappa shape index (κ2) is 4.60. The zero-order valence-corrected chi connectivity index (χ0v) is 10.2. The Morgan fingerprint density at radius 3 is 3.00 bits per heavy atom. The average molecular weight is 225 g/mol. The van der Waals surface area contributed by atoms with E-state index in [4.69, 9.17) is 5.73 Å². The lowest BCUT2D eigenvalue weighted by Gasteiger charge is -2.01. The SMILES string of the molecule is CC(N)c1nc(CNCC2CC2C)cs1. The molecular formula is C11H19N3S. The molecule has 1 aliphatic rings. The number of hydrogen-bond donors (Lipinski definition) is 2. The monoisotopic (exact) mass is 225 g/mol. The molecule has 1 aromatic heterocycles. The standard InChI is InChI=1S/C11H19N3S/c1-7-3-9(7)4-13-5-10-6-15-11(14-10)8(2)12/h6-9,13H,3-5,12H2,1-2H3. The van der Waals surface area contributed by atoms with Crippen LogP contribution in [0.1, 0.15) is 37.0 Å². The molecule has 4 heteroatoms. The maximum Gasteiger partial charge on any atom is 0.109 e. The summed E-state index contributed by atoms with van der Waals surface area (Å²) in [5.74, 6) is 1.82. The molecule has 0 amide bonds. The van der Waals surface area contributed by atoms with Crippen LogP contribution in [0.4, 0.5) is 0 Å². The summed E-state index contributed by atoms with van der Waals surface area (Å²) in [6.07, 6.45) is 1.38. The van der Waals surface area contributed by atoms with Crippen molar-refractivity contribution in [1.29, 1.82) is 0 Å². The largest absolute Gasteiger partial charge is 0.322 e. The Kier molecular flexibility index (Phi) is 3.38. The van der Waals surface area contributed by atoms with Crippen LogP contribution in [0.15, 0.2) is 5.38 Å². The molecule has 15 heavy (non-hydrogen) atoms. The molecule has 1 aromatic rings. The minimum absolute atomic E-state index is 0.0622. The number of nitrogens with two attached hydrogens (primary N) is 1. The van der Waals surface area contributed by atoms with E-state index in [1.165, 1.54) is 6.42 Å².